The molecule has 0 atom stereocenters. The number of hydrogen-bond acceptors (Lipinski definition) is 4. The molecule has 6 nitrogen and oxygen atoms in total. The number of carboxylic acids is 1. The van der Waals surface area contributed by atoms with Gasteiger partial charge in [-0.1, -0.05) is 25.1 Å². The summed E-state index contributed by atoms with van der Waals surface area (Å²) in [5.41, 5.74) is 1.25. The number of amides is 1. The summed E-state index contributed by atoms with van der Waals surface area (Å²) in [5, 5.41) is 20.6. The molecule has 1 aromatic carbocycles. The zero-order chi connectivity index (χ0) is 25.2. The highest BCUT2D eigenvalue weighted by atomic mass is 19.4. The highest BCUT2D eigenvalue weighted by Gasteiger charge is 2.47. The number of rotatable bonds is 9. The van der Waals surface area contributed by atoms with Gasteiger partial charge >= 0.3 is 12.1 Å². The van der Waals surface area contributed by atoms with E-state index in [1.807, 2.05) is 19.9 Å². The second kappa shape index (κ2) is 12.4. The van der Waals surface area contributed by atoms with E-state index in [9.17, 15) is 22.8 Å². The summed E-state index contributed by atoms with van der Waals surface area (Å²) in [7, 11) is 1.47. The average molecular weight is 472 g/mol. The van der Waals surface area contributed by atoms with E-state index in [0.717, 1.165) is 6.08 Å². The van der Waals surface area contributed by atoms with E-state index >= 15 is 0 Å². The van der Waals surface area contributed by atoms with Gasteiger partial charge in [0.1, 0.15) is 11.4 Å². The molecule has 1 fully saturated rings. The SMILES string of the molecule is CC/C=C(\C(C)=C/CC(F)(F)F)c1cc(CC(=O)O)ccc1OC.CCNC(=O)C1(O)CC1. The molecule has 1 amide bonds. The van der Waals surface area contributed by atoms with Crippen LogP contribution in [0.4, 0.5) is 13.2 Å². The molecule has 184 valence electrons. The highest BCUT2D eigenvalue weighted by Crippen LogP contribution is 2.35. The highest BCUT2D eigenvalue weighted by molar-refractivity contribution is 5.87. The third kappa shape index (κ3) is 9.69. The Balaban J connectivity index is 0.000000502. The summed E-state index contributed by atoms with van der Waals surface area (Å²) in [6.45, 7) is 5.92. The lowest BCUT2D eigenvalue weighted by molar-refractivity contribution is -0.136. The van der Waals surface area contributed by atoms with Gasteiger partial charge in [-0.25, -0.2) is 0 Å². The van der Waals surface area contributed by atoms with Crippen molar-refractivity contribution in [2.45, 2.75) is 64.7 Å². The molecule has 0 heterocycles. The zero-order valence-corrected chi connectivity index (χ0v) is 19.4. The maximum Gasteiger partial charge on any atom is 0.392 e. The Hall–Kier alpha value is -2.81. The maximum absolute atomic E-state index is 12.5. The molecule has 1 aromatic rings. The standard InChI is InChI=1S/C18H21F3O3.C6H11NO2/c1-4-5-14(12(2)8-9-18(19,20)21)15-10-13(11-17(22)23)6-7-16(15)24-3;1-2-7-5(8)6(9)3-4-6/h5-8,10H,4,9,11H2,1-3H3,(H,22,23);9H,2-4H2,1H3,(H,7,8)/b12-8-,14-5+;. The van der Waals surface area contributed by atoms with E-state index in [1.54, 1.807) is 25.1 Å². The van der Waals surface area contributed by atoms with Gasteiger partial charge in [-0.15, -0.1) is 0 Å². The molecule has 9 heteroatoms. The van der Waals surface area contributed by atoms with Gasteiger partial charge in [-0.05, 0) is 62.0 Å². The largest absolute Gasteiger partial charge is 0.496 e. The number of allylic oxidation sites excluding steroid dienone is 4. The van der Waals surface area contributed by atoms with Gasteiger partial charge < -0.3 is 20.3 Å². The summed E-state index contributed by atoms with van der Waals surface area (Å²) < 4.78 is 42.7. The first kappa shape index (κ1) is 28.2. The van der Waals surface area contributed by atoms with Crippen LogP contribution in [-0.4, -0.2) is 47.5 Å². The molecule has 1 saturated carbocycles. The molecule has 33 heavy (non-hydrogen) atoms. The Bertz CT molecular complexity index is 887. The molecule has 0 radical (unpaired) electrons. The number of alkyl halides is 3. The molecule has 0 spiro atoms. The van der Waals surface area contributed by atoms with Crippen molar-refractivity contribution in [1.29, 1.82) is 0 Å². The van der Waals surface area contributed by atoms with Crippen LogP contribution in [0.1, 0.15) is 57.6 Å². The van der Waals surface area contributed by atoms with Gasteiger partial charge in [-0.2, -0.15) is 13.2 Å². The van der Waals surface area contributed by atoms with Gasteiger partial charge in [0, 0.05) is 12.1 Å². The number of methoxy groups -OCH3 is 1. The Kier molecular flexibility index (Phi) is 10.6. The Morgan fingerprint density at radius 3 is 2.30 bits per heavy atom. The number of carboxylic acid groups (broad SMARTS) is 1. The second-order valence-electron chi connectivity index (χ2n) is 7.73. The van der Waals surface area contributed by atoms with E-state index in [4.69, 9.17) is 14.9 Å². The van der Waals surface area contributed by atoms with Crippen LogP contribution in [-0.2, 0) is 16.0 Å². The first-order valence-corrected chi connectivity index (χ1v) is 10.7. The van der Waals surface area contributed by atoms with Crippen molar-refractivity contribution in [3.05, 3.63) is 47.1 Å². The molecule has 1 aliphatic carbocycles. The number of carbonyl (C=O) groups excluding carboxylic acids is 1. The fourth-order valence-electron chi connectivity index (χ4n) is 2.99. The van der Waals surface area contributed by atoms with Crippen molar-refractivity contribution in [2.75, 3.05) is 13.7 Å². The van der Waals surface area contributed by atoms with Crippen molar-refractivity contribution >= 4 is 17.4 Å². The molecular weight excluding hydrogens is 439 g/mol. The monoisotopic (exact) mass is 471 g/mol. The molecular formula is C24H32F3NO5. The first-order valence-electron chi connectivity index (χ1n) is 10.7. The van der Waals surface area contributed by atoms with Crippen LogP contribution >= 0.6 is 0 Å². The minimum Gasteiger partial charge on any atom is -0.496 e. The zero-order valence-electron chi connectivity index (χ0n) is 19.4. The number of aliphatic hydroxyl groups is 1. The summed E-state index contributed by atoms with van der Waals surface area (Å²) in [6, 6.07) is 4.92. The third-order valence-corrected chi connectivity index (χ3v) is 4.87. The van der Waals surface area contributed by atoms with Crippen molar-refractivity contribution < 1.29 is 37.7 Å². The van der Waals surface area contributed by atoms with Crippen LogP contribution in [0.3, 0.4) is 0 Å². The lowest BCUT2D eigenvalue weighted by Gasteiger charge is -2.15. The van der Waals surface area contributed by atoms with Crippen LogP contribution in [0.5, 0.6) is 5.75 Å². The minimum atomic E-state index is -4.27. The lowest BCUT2D eigenvalue weighted by atomic mass is 9.94. The normalized spacial score (nSPS) is 15.3. The summed E-state index contributed by atoms with van der Waals surface area (Å²) in [5.74, 6) is -0.704. The van der Waals surface area contributed by atoms with Gasteiger partial charge in [0.05, 0.1) is 20.0 Å². The Morgan fingerprint density at radius 2 is 1.85 bits per heavy atom. The Morgan fingerprint density at radius 1 is 1.21 bits per heavy atom. The number of likely N-dealkylation sites (N-methyl/N-ethyl adjacent to an activating group) is 1. The van der Waals surface area contributed by atoms with Crippen LogP contribution in [0.15, 0.2) is 35.9 Å². The predicted molar refractivity (Wildman–Crippen MR) is 120 cm³/mol. The number of benzene rings is 1. The quantitative estimate of drug-likeness (QED) is 0.455. The van der Waals surface area contributed by atoms with Crippen LogP contribution < -0.4 is 10.1 Å². The van der Waals surface area contributed by atoms with Crippen molar-refractivity contribution in [1.82, 2.24) is 5.32 Å². The minimum absolute atomic E-state index is 0.165. The number of carbonyl (C=O) groups is 2. The van der Waals surface area contributed by atoms with Crippen molar-refractivity contribution in [2.24, 2.45) is 0 Å². The fourth-order valence-corrected chi connectivity index (χ4v) is 2.99. The fraction of sp³-hybridized carbons (Fsp3) is 0.500. The van der Waals surface area contributed by atoms with E-state index < -0.39 is 24.2 Å². The first-order chi connectivity index (χ1) is 15.4. The lowest BCUT2D eigenvalue weighted by Crippen LogP contribution is -2.35. The number of halogens is 3. The molecule has 0 aromatic heterocycles. The third-order valence-electron chi connectivity index (χ3n) is 4.87. The smallest absolute Gasteiger partial charge is 0.392 e. The summed E-state index contributed by atoms with van der Waals surface area (Å²) in [6.07, 6.45) is -0.640. The number of nitrogens with one attached hydrogen (secondary N) is 1. The average Bonchev–Trinajstić information content (AvgIpc) is 3.49. The maximum atomic E-state index is 12.5. The van der Waals surface area contributed by atoms with E-state index in [-0.39, 0.29) is 12.3 Å². The Labute approximate surface area is 192 Å². The molecule has 3 N–H and O–H groups in total. The predicted octanol–water partition coefficient (Wildman–Crippen LogP) is 4.66. The van der Waals surface area contributed by atoms with E-state index in [2.05, 4.69) is 5.32 Å². The van der Waals surface area contributed by atoms with Crippen LogP contribution in [0, 0.1) is 0 Å². The van der Waals surface area contributed by atoms with Crippen molar-refractivity contribution in [3.63, 3.8) is 0 Å². The molecule has 0 saturated heterocycles. The van der Waals surface area contributed by atoms with Gasteiger partial charge in [0.15, 0.2) is 0 Å². The molecule has 2 rings (SSSR count). The second-order valence-corrected chi connectivity index (χ2v) is 7.73. The van der Waals surface area contributed by atoms with Crippen molar-refractivity contribution in [3.8, 4) is 5.75 Å². The molecule has 0 bridgehead atoms. The van der Waals surface area contributed by atoms with E-state index in [1.165, 1.54) is 7.11 Å². The van der Waals surface area contributed by atoms with Crippen LogP contribution in [0.2, 0.25) is 0 Å². The molecule has 0 aliphatic heterocycles. The number of ether oxygens (including phenoxy) is 1. The number of aliphatic carboxylic acids is 1. The summed E-state index contributed by atoms with van der Waals surface area (Å²) >= 11 is 0. The topological polar surface area (TPSA) is 95.9 Å². The van der Waals surface area contributed by atoms with Crippen LogP contribution in [0.25, 0.3) is 5.57 Å². The molecule has 1 aliphatic rings. The summed E-state index contributed by atoms with van der Waals surface area (Å²) in [4.78, 5) is 21.7. The van der Waals surface area contributed by atoms with Gasteiger partial charge in [0.2, 0.25) is 0 Å². The number of hydrogen-bond donors (Lipinski definition) is 3. The van der Waals surface area contributed by atoms with Gasteiger partial charge in [-0.3, -0.25) is 9.59 Å². The van der Waals surface area contributed by atoms with E-state index in [0.29, 0.717) is 53.8 Å². The van der Waals surface area contributed by atoms with Gasteiger partial charge in [0.25, 0.3) is 5.91 Å². The molecule has 0 unspecified atom stereocenters.